The minimum absolute atomic E-state index is 0.164. The van der Waals surface area contributed by atoms with Crippen molar-refractivity contribution in [1.82, 2.24) is 0 Å². The molecule has 33 heavy (non-hydrogen) atoms. The van der Waals surface area contributed by atoms with E-state index in [0.717, 1.165) is 27.8 Å². The summed E-state index contributed by atoms with van der Waals surface area (Å²) in [7, 11) is 0. The Morgan fingerprint density at radius 2 is 1.24 bits per heavy atom. The molecule has 4 nitrogen and oxygen atoms in total. The molecule has 3 aromatic carbocycles. The van der Waals surface area contributed by atoms with E-state index in [1.807, 2.05) is 84.9 Å². The summed E-state index contributed by atoms with van der Waals surface area (Å²) in [5.41, 5.74) is 6.74. The highest BCUT2D eigenvalue weighted by Crippen LogP contribution is 2.48. The average molecular weight is 439 g/mol. The summed E-state index contributed by atoms with van der Waals surface area (Å²) in [5, 5.41) is 0. The highest BCUT2D eigenvalue weighted by atomic mass is 16.6. The predicted octanol–water partition coefficient (Wildman–Crippen LogP) is 5.47. The van der Waals surface area contributed by atoms with Gasteiger partial charge in [-0.1, -0.05) is 84.9 Å². The maximum Gasteiger partial charge on any atom is 0.329 e. The van der Waals surface area contributed by atoms with Gasteiger partial charge in [0.2, 0.25) is 5.41 Å². The van der Waals surface area contributed by atoms with E-state index in [1.165, 1.54) is 0 Å². The molecule has 0 radical (unpaired) electrons. The van der Waals surface area contributed by atoms with Gasteiger partial charge < -0.3 is 9.47 Å². The number of carbonyl (C=O) groups excluding carboxylic acids is 2. The average Bonchev–Trinajstić information content (AvgIpc) is 3.19. The molecule has 0 fully saturated rings. The van der Waals surface area contributed by atoms with Gasteiger partial charge in [-0.25, -0.2) is 0 Å². The normalized spacial score (nSPS) is 13.6. The molecule has 4 heteroatoms. The van der Waals surface area contributed by atoms with Gasteiger partial charge >= 0.3 is 11.9 Å². The Bertz CT molecular complexity index is 1160. The third-order valence-corrected chi connectivity index (χ3v) is 5.79. The Kier molecular flexibility index (Phi) is 6.58. The Morgan fingerprint density at radius 1 is 0.758 bits per heavy atom. The van der Waals surface area contributed by atoms with E-state index in [1.54, 1.807) is 13.8 Å². The molecule has 1 aliphatic carbocycles. The van der Waals surface area contributed by atoms with Gasteiger partial charge in [0.05, 0.1) is 13.2 Å². The van der Waals surface area contributed by atoms with Crippen LogP contribution < -0.4 is 0 Å². The van der Waals surface area contributed by atoms with Gasteiger partial charge in [-0.3, -0.25) is 9.59 Å². The zero-order chi connectivity index (χ0) is 23.3. The van der Waals surface area contributed by atoms with Crippen LogP contribution in [-0.4, -0.2) is 25.2 Å². The van der Waals surface area contributed by atoms with Crippen LogP contribution in [0.3, 0.4) is 0 Å². The highest BCUT2D eigenvalue weighted by molar-refractivity contribution is 6.15. The largest absolute Gasteiger partial charge is 0.465 e. The van der Waals surface area contributed by atoms with Gasteiger partial charge in [0.25, 0.3) is 0 Å². The quantitative estimate of drug-likeness (QED) is 0.291. The van der Waals surface area contributed by atoms with Crippen molar-refractivity contribution in [3.63, 3.8) is 0 Å². The number of hydrogen-bond acceptors (Lipinski definition) is 4. The topological polar surface area (TPSA) is 52.6 Å². The van der Waals surface area contributed by atoms with Crippen LogP contribution in [0.15, 0.2) is 90.7 Å². The zero-order valence-electron chi connectivity index (χ0n) is 18.8. The van der Waals surface area contributed by atoms with E-state index in [4.69, 9.17) is 9.47 Å². The van der Waals surface area contributed by atoms with Gasteiger partial charge in [-0.2, -0.15) is 0 Å². The van der Waals surface area contributed by atoms with Gasteiger partial charge in [0, 0.05) is 17.6 Å². The third-order valence-electron chi connectivity index (χ3n) is 5.79. The first-order chi connectivity index (χ1) is 16.1. The van der Waals surface area contributed by atoms with Crippen molar-refractivity contribution >= 4 is 23.1 Å². The van der Waals surface area contributed by atoms with E-state index in [-0.39, 0.29) is 19.6 Å². The summed E-state index contributed by atoms with van der Waals surface area (Å²) in [6.07, 6.45) is 0.181. The van der Waals surface area contributed by atoms with Crippen LogP contribution >= 0.6 is 0 Å². The highest BCUT2D eigenvalue weighted by Gasteiger charge is 2.57. The fraction of sp³-hybridized carbons (Fsp3) is 0.207. The van der Waals surface area contributed by atoms with Crippen LogP contribution in [0.4, 0.5) is 0 Å². The molecule has 0 aromatic heterocycles. The van der Waals surface area contributed by atoms with Crippen LogP contribution in [0.1, 0.15) is 36.1 Å². The van der Waals surface area contributed by atoms with E-state index in [0.29, 0.717) is 5.57 Å². The van der Waals surface area contributed by atoms with Crippen molar-refractivity contribution in [1.29, 1.82) is 0 Å². The fourth-order valence-electron chi connectivity index (χ4n) is 4.28. The molecule has 3 aromatic rings. The molecule has 0 saturated heterocycles. The fourth-order valence-corrected chi connectivity index (χ4v) is 4.28. The first-order valence-corrected chi connectivity index (χ1v) is 11.2. The number of fused-ring (bicyclic) bond motifs is 1. The molecule has 166 valence electrons. The van der Waals surface area contributed by atoms with E-state index >= 15 is 0 Å². The SMILES string of the molecule is CCOC(=O)C1(C(=O)OCC)Cc2ccccc2C1=C=C(c1ccccc1)c1ccccc1. The number of ether oxygens (including phenoxy) is 2. The van der Waals surface area contributed by atoms with Gasteiger partial charge in [0.1, 0.15) is 0 Å². The predicted molar refractivity (Wildman–Crippen MR) is 128 cm³/mol. The molecule has 4 rings (SSSR count). The van der Waals surface area contributed by atoms with Crippen molar-refractivity contribution in [3.8, 4) is 0 Å². The number of rotatable bonds is 6. The van der Waals surface area contributed by atoms with E-state index < -0.39 is 17.4 Å². The Balaban J connectivity index is 2.10. The summed E-state index contributed by atoms with van der Waals surface area (Å²) >= 11 is 0. The Hall–Kier alpha value is -3.88. The second-order valence-electron chi connectivity index (χ2n) is 7.79. The summed E-state index contributed by atoms with van der Waals surface area (Å²) in [5.74, 6) is -1.22. The summed E-state index contributed by atoms with van der Waals surface area (Å²) in [6.45, 7) is 3.80. The molecule has 0 spiro atoms. The summed E-state index contributed by atoms with van der Waals surface area (Å²) in [4.78, 5) is 26.8. The molecule has 0 heterocycles. The molecule has 0 atom stereocenters. The lowest BCUT2D eigenvalue weighted by Gasteiger charge is -2.25. The van der Waals surface area contributed by atoms with E-state index in [9.17, 15) is 9.59 Å². The van der Waals surface area contributed by atoms with Crippen molar-refractivity contribution in [3.05, 3.63) is 113 Å². The molecule has 0 N–H and O–H groups in total. The Morgan fingerprint density at radius 3 is 1.76 bits per heavy atom. The first kappa shape index (κ1) is 22.3. The Labute approximate surface area is 194 Å². The third kappa shape index (κ3) is 4.13. The summed E-state index contributed by atoms with van der Waals surface area (Å²) in [6, 6.07) is 27.4. The van der Waals surface area contributed by atoms with Gasteiger partial charge in [-0.05, 0) is 36.1 Å². The van der Waals surface area contributed by atoms with Crippen molar-refractivity contribution in [2.45, 2.75) is 20.3 Å². The smallest absolute Gasteiger partial charge is 0.329 e. The van der Waals surface area contributed by atoms with Gasteiger partial charge in [0.15, 0.2) is 0 Å². The van der Waals surface area contributed by atoms with Crippen molar-refractivity contribution < 1.29 is 19.1 Å². The monoisotopic (exact) mass is 438 g/mol. The molecule has 0 amide bonds. The molecule has 0 saturated carbocycles. The van der Waals surface area contributed by atoms with Crippen LogP contribution in [0, 0.1) is 5.41 Å². The number of hydrogen-bond donors (Lipinski definition) is 0. The van der Waals surface area contributed by atoms with Gasteiger partial charge in [-0.15, -0.1) is 5.73 Å². The lowest BCUT2D eigenvalue weighted by Crippen LogP contribution is -2.42. The minimum Gasteiger partial charge on any atom is -0.465 e. The van der Waals surface area contributed by atoms with Crippen molar-refractivity contribution in [2.24, 2.45) is 5.41 Å². The number of esters is 2. The molecular formula is C29H26O4. The first-order valence-electron chi connectivity index (χ1n) is 11.2. The molecule has 0 bridgehead atoms. The lowest BCUT2D eigenvalue weighted by molar-refractivity contribution is -0.166. The van der Waals surface area contributed by atoms with Crippen LogP contribution in [0.2, 0.25) is 0 Å². The van der Waals surface area contributed by atoms with Crippen LogP contribution in [0.25, 0.3) is 11.1 Å². The molecule has 0 aliphatic heterocycles. The minimum atomic E-state index is -1.61. The maximum atomic E-state index is 13.4. The van der Waals surface area contributed by atoms with Crippen molar-refractivity contribution in [2.75, 3.05) is 13.2 Å². The standard InChI is InChI=1S/C29H26O4/c1-3-32-27(30)29(28(31)33-4-2)20-23-17-11-12-18-24(23)26(29)19-25(21-13-7-5-8-14-21)22-15-9-6-10-16-22/h5-18H,3-4,20H2,1-2H3. The second-order valence-corrected chi connectivity index (χ2v) is 7.79. The zero-order valence-corrected chi connectivity index (χ0v) is 18.8. The lowest BCUT2D eigenvalue weighted by atomic mass is 9.80. The van der Waals surface area contributed by atoms with Crippen LogP contribution in [-0.2, 0) is 25.5 Å². The second kappa shape index (κ2) is 9.72. The maximum absolute atomic E-state index is 13.4. The molecule has 0 unspecified atom stereocenters. The van der Waals surface area contributed by atoms with Crippen LogP contribution in [0.5, 0.6) is 0 Å². The number of carbonyl (C=O) groups is 2. The molecular weight excluding hydrogens is 412 g/mol. The van der Waals surface area contributed by atoms with E-state index in [2.05, 4.69) is 5.73 Å². The molecule has 1 aliphatic rings. The number of benzene rings is 3. The summed E-state index contributed by atoms with van der Waals surface area (Å²) < 4.78 is 10.9.